The maximum atomic E-state index is 12.1. The summed E-state index contributed by atoms with van der Waals surface area (Å²) in [6.07, 6.45) is 0.131. The molecule has 0 bridgehead atoms. The molecule has 0 radical (unpaired) electrons. The Kier molecular flexibility index (Phi) is 5.55. The van der Waals surface area contributed by atoms with Gasteiger partial charge in [-0.05, 0) is 55.3 Å². The first-order chi connectivity index (χ1) is 10.6. The highest BCUT2D eigenvalue weighted by atomic mass is 16.5. The first-order valence-electron chi connectivity index (χ1n) is 7.37. The summed E-state index contributed by atoms with van der Waals surface area (Å²) in [5, 5.41) is 9.74. The molecule has 0 aromatic heterocycles. The van der Waals surface area contributed by atoms with Gasteiger partial charge in [-0.25, -0.2) is 4.79 Å². The molecule has 0 saturated carbocycles. The van der Waals surface area contributed by atoms with Crippen molar-refractivity contribution in [3.63, 3.8) is 0 Å². The lowest BCUT2D eigenvalue weighted by atomic mass is 10.1. The Morgan fingerprint density at radius 2 is 1.59 bits per heavy atom. The van der Waals surface area contributed by atoms with E-state index in [4.69, 9.17) is 9.47 Å². The van der Waals surface area contributed by atoms with Crippen molar-refractivity contribution in [2.45, 2.75) is 26.4 Å². The first-order valence-corrected chi connectivity index (χ1v) is 7.37. The minimum absolute atomic E-state index is 0.429. The van der Waals surface area contributed by atoms with E-state index in [1.165, 1.54) is 0 Å². The molecule has 1 N–H and O–H groups in total. The summed E-state index contributed by atoms with van der Waals surface area (Å²) in [4.78, 5) is 12.1. The van der Waals surface area contributed by atoms with Crippen molar-refractivity contribution in [3.8, 4) is 11.5 Å². The van der Waals surface area contributed by atoms with Crippen molar-refractivity contribution >= 4 is 5.97 Å². The summed E-state index contributed by atoms with van der Waals surface area (Å²) in [6, 6.07) is 13.7. The third-order valence-corrected chi connectivity index (χ3v) is 3.26. The van der Waals surface area contributed by atoms with Gasteiger partial charge in [0, 0.05) is 0 Å². The summed E-state index contributed by atoms with van der Waals surface area (Å²) in [5.41, 5.74) is 1.24. The highest BCUT2D eigenvalue weighted by Crippen LogP contribution is 2.20. The van der Waals surface area contributed by atoms with Crippen LogP contribution in [0.4, 0.5) is 0 Å². The van der Waals surface area contributed by atoms with E-state index in [2.05, 4.69) is 0 Å². The van der Waals surface area contributed by atoms with Gasteiger partial charge in [-0.3, -0.25) is 0 Å². The molecule has 0 amide bonds. The van der Waals surface area contributed by atoms with Gasteiger partial charge in [-0.2, -0.15) is 0 Å². The third kappa shape index (κ3) is 4.09. The molecule has 4 heteroatoms. The second kappa shape index (κ2) is 7.61. The number of carbonyl (C=O) groups excluding carboxylic acids is 1. The van der Waals surface area contributed by atoms with E-state index in [-0.39, 0.29) is 0 Å². The zero-order chi connectivity index (χ0) is 15.9. The zero-order valence-electron chi connectivity index (χ0n) is 12.8. The van der Waals surface area contributed by atoms with Gasteiger partial charge in [0.25, 0.3) is 0 Å². The van der Waals surface area contributed by atoms with Crippen LogP contribution in [0, 0.1) is 0 Å². The standard InChI is InChI=1S/C18H20O4/c1-3-17(19)13-5-7-14(8-6-13)18(20)22-16-11-9-15(10-12-16)21-4-2/h5-12,17,19H,3-4H2,1-2H3. The van der Waals surface area contributed by atoms with Crippen LogP contribution in [0.15, 0.2) is 48.5 Å². The lowest BCUT2D eigenvalue weighted by molar-refractivity contribution is 0.0734. The molecule has 0 fully saturated rings. The van der Waals surface area contributed by atoms with Crippen molar-refractivity contribution in [1.29, 1.82) is 0 Å². The normalized spacial score (nSPS) is 11.8. The van der Waals surface area contributed by atoms with E-state index in [0.717, 1.165) is 11.3 Å². The fourth-order valence-electron chi connectivity index (χ4n) is 2.01. The van der Waals surface area contributed by atoms with Gasteiger partial charge in [0.1, 0.15) is 11.5 Å². The molecular weight excluding hydrogens is 280 g/mol. The Bertz CT molecular complexity index is 602. The van der Waals surface area contributed by atoms with Crippen LogP contribution in [0.25, 0.3) is 0 Å². The number of rotatable bonds is 6. The quantitative estimate of drug-likeness (QED) is 0.652. The number of carbonyl (C=O) groups is 1. The van der Waals surface area contributed by atoms with Crippen molar-refractivity contribution in [2.24, 2.45) is 0 Å². The highest BCUT2D eigenvalue weighted by molar-refractivity contribution is 5.91. The van der Waals surface area contributed by atoms with Crippen LogP contribution in [0.1, 0.15) is 42.3 Å². The Balaban J connectivity index is 2.02. The van der Waals surface area contributed by atoms with Crippen molar-refractivity contribution in [2.75, 3.05) is 6.61 Å². The van der Waals surface area contributed by atoms with Crippen LogP contribution in [0.5, 0.6) is 11.5 Å². The van der Waals surface area contributed by atoms with Gasteiger partial charge >= 0.3 is 5.97 Å². The Hall–Kier alpha value is -2.33. The molecular formula is C18H20O4. The van der Waals surface area contributed by atoms with Gasteiger partial charge < -0.3 is 14.6 Å². The lowest BCUT2D eigenvalue weighted by Crippen LogP contribution is -2.08. The minimum atomic E-state index is -0.504. The SMILES string of the molecule is CCOc1ccc(OC(=O)c2ccc(C(O)CC)cc2)cc1. The lowest BCUT2D eigenvalue weighted by Gasteiger charge is -2.09. The number of ether oxygens (including phenoxy) is 2. The molecule has 4 nitrogen and oxygen atoms in total. The average molecular weight is 300 g/mol. The summed E-state index contributed by atoms with van der Waals surface area (Å²) >= 11 is 0. The smallest absolute Gasteiger partial charge is 0.343 e. The molecule has 22 heavy (non-hydrogen) atoms. The van der Waals surface area contributed by atoms with E-state index < -0.39 is 12.1 Å². The number of hydrogen-bond donors (Lipinski definition) is 1. The van der Waals surface area contributed by atoms with E-state index >= 15 is 0 Å². The number of aliphatic hydroxyl groups excluding tert-OH is 1. The van der Waals surface area contributed by atoms with E-state index in [0.29, 0.717) is 24.3 Å². The molecule has 2 aromatic rings. The highest BCUT2D eigenvalue weighted by Gasteiger charge is 2.10. The molecule has 0 aliphatic carbocycles. The molecule has 0 aliphatic rings. The van der Waals surface area contributed by atoms with E-state index in [1.807, 2.05) is 13.8 Å². The molecule has 1 unspecified atom stereocenters. The molecule has 0 aliphatic heterocycles. The van der Waals surface area contributed by atoms with Gasteiger partial charge in [0.05, 0.1) is 18.3 Å². The number of esters is 1. The fraction of sp³-hybridized carbons (Fsp3) is 0.278. The second-order valence-corrected chi connectivity index (χ2v) is 4.84. The van der Waals surface area contributed by atoms with Crippen LogP contribution >= 0.6 is 0 Å². The van der Waals surface area contributed by atoms with Gasteiger partial charge in [-0.1, -0.05) is 19.1 Å². The largest absolute Gasteiger partial charge is 0.494 e. The van der Waals surface area contributed by atoms with Crippen LogP contribution in [-0.4, -0.2) is 17.7 Å². The predicted octanol–water partition coefficient (Wildman–Crippen LogP) is 3.75. The van der Waals surface area contributed by atoms with Crippen molar-refractivity contribution < 1.29 is 19.4 Å². The number of aliphatic hydroxyl groups is 1. The Morgan fingerprint density at radius 1 is 1.00 bits per heavy atom. The molecule has 1 atom stereocenters. The maximum Gasteiger partial charge on any atom is 0.343 e. The molecule has 0 heterocycles. The molecule has 2 aromatic carbocycles. The van der Waals surface area contributed by atoms with E-state index in [1.54, 1.807) is 48.5 Å². The van der Waals surface area contributed by atoms with Gasteiger partial charge in [-0.15, -0.1) is 0 Å². The third-order valence-electron chi connectivity index (χ3n) is 3.26. The topological polar surface area (TPSA) is 55.8 Å². The summed E-state index contributed by atoms with van der Waals surface area (Å²) in [5.74, 6) is 0.771. The van der Waals surface area contributed by atoms with Crippen LogP contribution in [0.3, 0.4) is 0 Å². The summed E-state index contributed by atoms with van der Waals surface area (Å²) in [6.45, 7) is 4.40. The molecule has 0 saturated heterocycles. The van der Waals surface area contributed by atoms with Crippen LogP contribution in [-0.2, 0) is 0 Å². The second-order valence-electron chi connectivity index (χ2n) is 4.84. The average Bonchev–Trinajstić information content (AvgIpc) is 2.56. The van der Waals surface area contributed by atoms with Crippen molar-refractivity contribution in [1.82, 2.24) is 0 Å². The molecule has 2 rings (SSSR count). The number of benzene rings is 2. The van der Waals surface area contributed by atoms with Gasteiger partial charge in [0.2, 0.25) is 0 Å². The Morgan fingerprint density at radius 3 is 2.14 bits per heavy atom. The Labute approximate surface area is 130 Å². The summed E-state index contributed by atoms with van der Waals surface area (Å²) < 4.78 is 10.6. The van der Waals surface area contributed by atoms with Crippen LogP contribution in [0.2, 0.25) is 0 Å². The zero-order valence-corrected chi connectivity index (χ0v) is 12.8. The monoisotopic (exact) mass is 300 g/mol. The van der Waals surface area contributed by atoms with Crippen LogP contribution < -0.4 is 9.47 Å². The van der Waals surface area contributed by atoms with Gasteiger partial charge in [0.15, 0.2) is 0 Å². The predicted molar refractivity (Wildman–Crippen MR) is 84.3 cm³/mol. The first kappa shape index (κ1) is 16.0. The molecule has 0 spiro atoms. The molecule has 116 valence electrons. The maximum absolute atomic E-state index is 12.1. The fourth-order valence-corrected chi connectivity index (χ4v) is 2.01. The van der Waals surface area contributed by atoms with Crippen molar-refractivity contribution in [3.05, 3.63) is 59.7 Å². The van der Waals surface area contributed by atoms with E-state index in [9.17, 15) is 9.90 Å². The minimum Gasteiger partial charge on any atom is -0.494 e. The number of hydrogen-bond acceptors (Lipinski definition) is 4. The summed E-state index contributed by atoms with van der Waals surface area (Å²) in [7, 11) is 0.